The van der Waals surface area contributed by atoms with Gasteiger partial charge in [-0.3, -0.25) is 4.79 Å². The normalized spacial score (nSPS) is 28.6. The molecule has 18 heavy (non-hydrogen) atoms. The summed E-state index contributed by atoms with van der Waals surface area (Å²) < 4.78 is 5.54. The van der Waals surface area contributed by atoms with Gasteiger partial charge in [0.2, 0.25) is 5.91 Å². The van der Waals surface area contributed by atoms with Crippen molar-refractivity contribution in [1.82, 2.24) is 10.2 Å². The van der Waals surface area contributed by atoms with E-state index in [9.17, 15) is 4.79 Å². The Labute approximate surface area is 110 Å². The summed E-state index contributed by atoms with van der Waals surface area (Å²) in [5.74, 6) is 0.263. The zero-order valence-corrected chi connectivity index (χ0v) is 11.5. The van der Waals surface area contributed by atoms with Gasteiger partial charge in [-0.1, -0.05) is 6.92 Å². The van der Waals surface area contributed by atoms with Gasteiger partial charge in [-0.05, 0) is 38.5 Å². The first-order chi connectivity index (χ1) is 8.81. The summed E-state index contributed by atoms with van der Waals surface area (Å²) >= 11 is 0. The minimum absolute atomic E-state index is 0.263. The van der Waals surface area contributed by atoms with Crippen LogP contribution in [0.15, 0.2) is 0 Å². The number of amides is 1. The van der Waals surface area contributed by atoms with E-state index in [1.54, 1.807) is 0 Å². The standard InChI is InChI=1S/C14H26N2O2/c1-2-12-6-3-4-8-16(12)14(17)11-15-10-13-7-5-9-18-13/h12-13,15H,2-11H2,1H3/t12-,13+/m0/s1. The first kappa shape index (κ1) is 13.8. The Hall–Kier alpha value is -0.610. The van der Waals surface area contributed by atoms with Crippen LogP contribution in [0.3, 0.4) is 0 Å². The van der Waals surface area contributed by atoms with E-state index in [1.165, 1.54) is 12.8 Å². The van der Waals surface area contributed by atoms with E-state index >= 15 is 0 Å². The summed E-state index contributed by atoms with van der Waals surface area (Å²) in [7, 11) is 0. The molecule has 2 atom stereocenters. The van der Waals surface area contributed by atoms with E-state index < -0.39 is 0 Å². The van der Waals surface area contributed by atoms with Crippen molar-refractivity contribution >= 4 is 5.91 Å². The van der Waals surface area contributed by atoms with E-state index in [0.29, 0.717) is 18.7 Å². The highest BCUT2D eigenvalue weighted by Gasteiger charge is 2.25. The second-order valence-electron chi connectivity index (χ2n) is 5.41. The largest absolute Gasteiger partial charge is 0.377 e. The average Bonchev–Trinajstić information content (AvgIpc) is 2.91. The van der Waals surface area contributed by atoms with Gasteiger partial charge in [-0.2, -0.15) is 0 Å². The van der Waals surface area contributed by atoms with Gasteiger partial charge in [0.25, 0.3) is 0 Å². The Kier molecular flexibility index (Phi) is 5.45. The smallest absolute Gasteiger partial charge is 0.236 e. The molecule has 2 aliphatic rings. The molecule has 4 heteroatoms. The molecule has 0 bridgehead atoms. The van der Waals surface area contributed by atoms with Crippen molar-refractivity contribution in [3.05, 3.63) is 0 Å². The monoisotopic (exact) mass is 254 g/mol. The molecule has 0 aromatic heterocycles. The molecule has 2 aliphatic heterocycles. The van der Waals surface area contributed by atoms with Crippen molar-refractivity contribution in [2.75, 3.05) is 26.2 Å². The van der Waals surface area contributed by atoms with Gasteiger partial charge in [0.1, 0.15) is 0 Å². The van der Waals surface area contributed by atoms with Crippen molar-refractivity contribution in [2.45, 2.75) is 57.6 Å². The third kappa shape index (κ3) is 3.69. The highest BCUT2D eigenvalue weighted by atomic mass is 16.5. The van der Waals surface area contributed by atoms with Crippen molar-refractivity contribution in [1.29, 1.82) is 0 Å². The van der Waals surface area contributed by atoms with Crippen LogP contribution in [0.4, 0.5) is 0 Å². The number of carbonyl (C=O) groups is 1. The lowest BCUT2D eigenvalue weighted by molar-refractivity contribution is -0.134. The van der Waals surface area contributed by atoms with Gasteiger partial charge in [0.15, 0.2) is 0 Å². The summed E-state index contributed by atoms with van der Waals surface area (Å²) in [4.78, 5) is 14.2. The van der Waals surface area contributed by atoms with Crippen LogP contribution in [-0.2, 0) is 9.53 Å². The Morgan fingerprint density at radius 2 is 2.22 bits per heavy atom. The molecular weight excluding hydrogens is 228 g/mol. The highest BCUT2D eigenvalue weighted by molar-refractivity contribution is 5.78. The lowest BCUT2D eigenvalue weighted by Crippen LogP contribution is -2.47. The predicted octanol–water partition coefficient (Wildman–Crippen LogP) is 1.55. The second kappa shape index (κ2) is 7.10. The molecule has 2 heterocycles. The number of rotatable bonds is 5. The third-order valence-corrected chi connectivity index (χ3v) is 4.09. The molecule has 0 aromatic rings. The summed E-state index contributed by atoms with van der Waals surface area (Å²) in [6, 6.07) is 0.468. The van der Waals surface area contributed by atoms with Crippen molar-refractivity contribution in [2.24, 2.45) is 0 Å². The number of nitrogens with zero attached hydrogens (tertiary/aromatic N) is 1. The number of nitrogens with one attached hydrogen (secondary N) is 1. The molecule has 0 saturated carbocycles. The first-order valence-corrected chi connectivity index (χ1v) is 7.43. The molecule has 2 rings (SSSR count). The summed E-state index contributed by atoms with van der Waals surface area (Å²) in [5.41, 5.74) is 0. The van der Waals surface area contributed by atoms with Crippen LogP contribution in [0.2, 0.25) is 0 Å². The topological polar surface area (TPSA) is 41.6 Å². The van der Waals surface area contributed by atoms with Crippen LogP contribution in [-0.4, -0.2) is 49.2 Å². The Bertz CT molecular complexity index is 265. The van der Waals surface area contributed by atoms with Crippen LogP contribution < -0.4 is 5.32 Å². The van der Waals surface area contributed by atoms with Gasteiger partial charge >= 0.3 is 0 Å². The number of carbonyl (C=O) groups excluding carboxylic acids is 1. The zero-order valence-electron chi connectivity index (χ0n) is 11.5. The van der Waals surface area contributed by atoms with E-state index in [0.717, 1.165) is 45.4 Å². The molecule has 104 valence electrons. The maximum Gasteiger partial charge on any atom is 0.236 e. The molecular formula is C14H26N2O2. The van der Waals surface area contributed by atoms with Crippen molar-refractivity contribution in [3.8, 4) is 0 Å². The van der Waals surface area contributed by atoms with E-state index in [1.807, 2.05) is 0 Å². The minimum Gasteiger partial charge on any atom is -0.377 e. The van der Waals surface area contributed by atoms with E-state index in [2.05, 4.69) is 17.1 Å². The molecule has 1 amide bonds. The summed E-state index contributed by atoms with van der Waals surface area (Å²) in [6.07, 6.45) is 7.29. The quantitative estimate of drug-likeness (QED) is 0.809. The maximum atomic E-state index is 12.2. The molecule has 0 spiro atoms. The average molecular weight is 254 g/mol. The van der Waals surface area contributed by atoms with Gasteiger partial charge < -0.3 is 15.0 Å². The first-order valence-electron chi connectivity index (χ1n) is 7.43. The number of piperidine rings is 1. The third-order valence-electron chi connectivity index (χ3n) is 4.09. The maximum absolute atomic E-state index is 12.2. The molecule has 4 nitrogen and oxygen atoms in total. The Morgan fingerprint density at radius 1 is 1.33 bits per heavy atom. The van der Waals surface area contributed by atoms with Crippen molar-refractivity contribution in [3.63, 3.8) is 0 Å². The molecule has 0 aliphatic carbocycles. The van der Waals surface area contributed by atoms with E-state index in [4.69, 9.17) is 4.74 Å². The highest BCUT2D eigenvalue weighted by Crippen LogP contribution is 2.19. The summed E-state index contributed by atoms with van der Waals surface area (Å²) in [5, 5.41) is 3.25. The molecule has 2 saturated heterocycles. The molecule has 0 unspecified atom stereocenters. The van der Waals surface area contributed by atoms with Crippen molar-refractivity contribution < 1.29 is 9.53 Å². The van der Waals surface area contributed by atoms with Crippen LogP contribution in [0.25, 0.3) is 0 Å². The van der Waals surface area contributed by atoms with Gasteiger partial charge in [0, 0.05) is 25.7 Å². The van der Waals surface area contributed by atoms with Gasteiger partial charge in [-0.15, -0.1) is 0 Å². The number of hydrogen-bond donors (Lipinski definition) is 1. The second-order valence-corrected chi connectivity index (χ2v) is 5.41. The van der Waals surface area contributed by atoms with Crippen LogP contribution in [0.1, 0.15) is 45.4 Å². The minimum atomic E-state index is 0.263. The van der Waals surface area contributed by atoms with Gasteiger partial charge in [-0.25, -0.2) is 0 Å². The van der Waals surface area contributed by atoms with Crippen LogP contribution in [0.5, 0.6) is 0 Å². The molecule has 0 aromatic carbocycles. The SMILES string of the molecule is CC[C@H]1CCCCN1C(=O)CNC[C@H]1CCCO1. The van der Waals surface area contributed by atoms with Gasteiger partial charge in [0.05, 0.1) is 12.6 Å². The fourth-order valence-corrected chi connectivity index (χ4v) is 3.00. The molecule has 2 fully saturated rings. The lowest BCUT2D eigenvalue weighted by atomic mass is 10.00. The summed E-state index contributed by atoms with van der Waals surface area (Å²) in [6.45, 7) is 5.28. The number of ether oxygens (including phenoxy) is 1. The molecule has 1 N–H and O–H groups in total. The number of hydrogen-bond acceptors (Lipinski definition) is 3. The number of likely N-dealkylation sites (tertiary alicyclic amines) is 1. The Balaban J connectivity index is 1.69. The predicted molar refractivity (Wildman–Crippen MR) is 71.5 cm³/mol. The zero-order chi connectivity index (χ0) is 12.8. The molecule has 0 radical (unpaired) electrons. The Morgan fingerprint density at radius 3 is 2.94 bits per heavy atom. The van der Waals surface area contributed by atoms with Crippen LogP contribution >= 0.6 is 0 Å². The fourth-order valence-electron chi connectivity index (χ4n) is 3.00. The van der Waals surface area contributed by atoms with Crippen LogP contribution in [0, 0.1) is 0 Å². The lowest BCUT2D eigenvalue weighted by Gasteiger charge is -2.35. The van der Waals surface area contributed by atoms with E-state index in [-0.39, 0.29) is 5.91 Å². The fraction of sp³-hybridized carbons (Fsp3) is 0.929.